The molecule has 0 amide bonds. The van der Waals surface area contributed by atoms with Crippen LogP contribution in [0.5, 0.6) is 5.75 Å². The SMILES string of the molecule is Cc1cc(C(NN)c2cccc(OC(F)(F)F)c2)c(C)o1. The summed E-state index contributed by atoms with van der Waals surface area (Å²) in [6, 6.07) is 6.97. The van der Waals surface area contributed by atoms with Gasteiger partial charge in [0.15, 0.2) is 0 Å². The Morgan fingerprint density at radius 3 is 2.48 bits per heavy atom. The first-order valence-corrected chi connectivity index (χ1v) is 6.19. The van der Waals surface area contributed by atoms with E-state index < -0.39 is 12.4 Å². The van der Waals surface area contributed by atoms with Crippen LogP contribution in [0.25, 0.3) is 0 Å². The molecular weight excluding hydrogens is 285 g/mol. The average molecular weight is 300 g/mol. The normalized spacial score (nSPS) is 13.2. The van der Waals surface area contributed by atoms with Gasteiger partial charge in [0.1, 0.15) is 17.3 Å². The quantitative estimate of drug-likeness (QED) is 0.671. The van der Waals surface area contributed by atoms with Crippen molar-refractivity contribution in [1.82, 2.24) is 5.43 Å². The summed E-state index contributed by atoms with van der Waals surface area (Å²) in [5.74, 6) is 6.59. The highest BCUT2D eigenvalue weighted by Gasteiger charge is 2.31. The zero-order valence-corrected chi connectivity index (χ0v) is 11.5. The summed E-state index contributed by atoms with van der Waals surface area (Å²) in [4.78, 5) is 0. The molecule has 2 aromatic rings. The molecule has 0 spiro atoms. The van der Waals surface area contributed by atoms with E-state index in [2.05, 4.69) is 10.2 Å². The maximum absolute atomic E-state index is 12.3. The lowest BCUT2D eigenvalue weighted by molar-refractivity contribution is -0.274. The molecule has 1 heterocycles. The first kappa shape index (κ1) is 15.4. The lowest BCUT2D eigenvalue weighted by Gasteiger charge is -2.17. The predicted octanol–water partition coefficient (Wildman–Crippen LogP) is 3.35. The van der Waals surface area contributed by atoms with Crippen molar-refractivity contribution in [3.63, 3.8) is 0 Å². The van der Waals surface area contributed by atoms with Gasteiger partial charge in [0.2, 0.25) is 0 Å². The van der Waals surface area contributed by atoms with E-state index in [4.69, 9.17) is 10.3 Å². The Morgan fingerprint density at radius 2 is 1.95 bits per heavy atom. The molecule has 4 nitrogen and oxygen atoms in total. The highest BCUT2D eigenvalue weighted by molar-refractivity contribution is 5.38. The largest absolute Gasteiger partial charge is 0.573 e. The second-order valence-electron chi connectivity index (χ2n) is 4.59. The van der Waals surface area contributed by atoms with E-state index in [1.165, 1.54) is 18.2 Å². The second kappa shape index (κ2) is 5.79. The van der Waals surface area contributed by atoms with Gasteiger partial charge in [0.05, 0.1) is 6.04 Å². The van der Waals surface area contributed by atoms with E-state index >= 15 is 0 Å². The van der Waals surface area contributed by atoms with Crippen LogP contribution in [-0.2, 0) is 0 Å². The number of benzene rings is 1. The summed E-state index contributed by atoms with van der Waals surface area (Å²) >= 11 is 0. The number of furan rings is 1. The Hall–Kier alpha value is -1.99. The lowest BCUT2D eigenvalue weighted by atomic mass is 9.99. The molecule has 0 aliphatic rings. The molecular formula is C14H15F3N2O2. The Labute approximate surface area is 119 Å². The average Bonchev–Trinajstić information content (AvgIpc) is 2.68. The molecule has 7 heteroatoms. The molecule has 0 saturated heterocycles. The number of nitrogens with two attached hydrogens (primary N) is 1. The van der Waals surface area contributed by atoms with Crippen molar-refractivity contribution < 1.29 is 22.3 Å². The molecule has 0 fully saturated rings. The number of halogens is 3. The highest BCUT2D eigenvalue weighted by Crippen LogP contribution is 2.30. The van der Waals surface area contributed by atoms with Gasteiger partial charge in [0, 0.05) is 5.56 Å². The van der Waals surface area contributed by atoms with Gasteiger partial charge in [-0.3, -0.25) is 5.84 Å². The Morgan fingerprint density at radius 1 is 1.24 bits per heavy atom. The molecule has 1 atom stereocenters. The molecule has 1 unspecified atom stereocenters. The molecule has 0 bridgehead atoms. The van der Waals surface area contributed by atoms with E-state index in [1.807, 2.05) is 0 Å². The van der Waals surface area contributed by atoms with Crippen LogP contribution in [0.15, 0.2) is 34.7 Å². The van der Waals surface area contributed by atoms with Crippen LogP contribution in [0.3, 0.4) is 0 Å². The van der Waals surface area contributed by atoms with Crippen LogP contribution in [0.4, 0.5) is 13.2 Å². The van der Waals surface area contributed by atoms with E-state index in [0.29, 0.717) is 17.1 Å². The lowest BCUT2D eigenvalue weighted by Crippen LogP contribution is -2.29. The fourth-order valence-corrected chi connectivity index (χ4v) is 2.19. The second-order valence-corrected chi connectivity index (χ2v) is 4.59. The number of rotatable bonds is 4. The van der Waals surface area contributed by atoms with E-state index in [1.54, 1.807) is 26.0 Å². The summed E-state index contributed by atoms with van der Waals surface area (Å²) in [6.45, 7) is 3.55. The number of ether oxygens (including phenoxy) is 1. The number of hydrogen-bond donors (Lipinski definition) is 2. The van der Waals surface area contributed by atoms with Crippen molar-refractivity contribution in [3.8, 4) is 5.75 Å². The smallest absolute Gasteiger partial charge is 0.466 e. The van der Waals surface area contributed by atoms with Gasteiger partial charge >= 0.3 is 6.36 Å². The highest BCUT2D eigenvalue weighted by atomic mass is 19.4. The number of alkyl halides is 3. The number of aryl methyl sites for hydroxylation is 2. The van der Waals surface area contributed by atoms with Crippen LogP contribution in [0.1, 0.15) is 28.7 Å². The van der Waals surface area contributed by atoms with Crippen molar-refractivity contribution in [2.45, 2.75) is 26.3 Å². The number of nitrogens with one attached hydrogen (secondary N) is 1. The van der Waals surface area contributed by atoms with Crippen LogP contribution in [0.2, 0.25) is 0 Å². The van der Waals surface area contributed by atoms with Crippen molar-refractivity contribution >= 4 is 0 Å². The minimum Gasteiger partial charge on any atom is -0.466 e. The summed E-state index contributed by atoms with van der Waals surface area (Å²) < 4.78 is 46.1. The third-order valence-electron chi connectivity index (χ3n) is 2.98. The first-order valence-electron chi connectivity index (χ1n) is 6.19. The molecule has 0 radical (unpaired) electrons. The number of hydrazine groups is 1. The summed E-state index contributed by atoms with van der Waals surface area (Å²) in [5, 5.41) is 0. The summed E-state index contributed by atoms with van der Waals surface area (Å²) in [5.41, 5.74) is 3.89. The van der Waals surface area contributed by atoms with Crippen molar-refractivity contribution in [2.75, 3.05) is 0 Å². The molecule has 0 aliphatic heterocycles. The molecule has 0 saturated carbocycles. The minimum absolute atomic E-state index is 0.293. The van der Waals surface area contributed by atoms with Gasteiger partial charge in [-0.2, -0.15) is 0 Å². The van der Waals surface area contributed by atoms with Crippen LogP contribution < -0.4 is 16.0 Å². The fourth-order valence-electron chi connectivity index (χ4n) is 2.19. The predicted molar refractivity (Wildman–Crippen MR) is 70.5 cm³/mol. The molecule has 3 N–H and O–H groups in total. The first-order chi connectivity index (χ1) is 9.80. The monoisotopic (exact) mass is 300 g/mol. The molecule has 1 aromatic carbocycles. The van der Waals surface area contributed by atoms with Gasteiger partial charge in [-0.25, -0.2) is 5.43 Å². The Balaban J connectivity index is 2.35. The van der Waals surface area contributed by atoms with E-state index in [9.17, 15) is 13.2 Å². The number of hydrogen-bond acceptors (Lipinski definition) is 4. The summed E-state index contributed by atoms with van der Waals surface area (Å²) in [6.07, 6.45) is -4.73. The van der Waals surface area contributed by atoms with Gasteiger partial charge in [-0.05, 0) is 37.6 Å². The minimum atomic E-state index is -4.73. The molecule has 114 valence electrons. The maximum atomic E-state index is 12.3. The zero-order chi connectivity index (χ0) is 15.6. The van der Waals surface area contributed by atoms with E-state index in [0.717, 1.165) is 5.56 Å². The van der Waals surface area contributed by atoms with Crippen molar-refractivity contribution in [3.05, 3.63) is 53.0 Å². The fraction of sp³-hybridized carbons (Fsp3) is 0.286. The topological polar surface area (TPSA) is 60.4 Å². The third kappa shape index (κ3) is 3.77. The zero-order valence-electron chi connectivity index (χ0n) is 11.5. The van der Waals surface area contributed by atoms with Crippen LogP contribution in [0, 0.1) is 13.8 Å². The Kier molecular flexibility index (Phi) is 4.24. The molecule has 1 aromatic heterocycles. The molecule has 0 aliphatic carbocycles. The van der Waals surface area contributed by atoms with Crippen LogP contribution in [-0.4, -0.2) is 6.36 Å². The maximum Gasteiger partial charge on any atom is 0.573 e. The van der Waals surface area contributed by atoms with Gasteiger partial charge in [-0.15, -0.1) is 13.2 Å². The standard InChI is InChI=1S/C14H15F3N2O2/c1-8-6-12(9(2)20-8)13(19-18)10-4-3-5-11(7-10)21-14(15,16)17/h3-7,13,19H,18H2,1-2H3. The van der Waals surface area contributed by atoms with Crippen LogP contribution >= 0.6 is 0 Å². The van der Waals surface area contributed by atoms with Gasteiger partial charge in [-0.1, -0.05) is 12.1 Å². The summed E-state index contributed by atoms with van der Waals surface area (Å²) in [7, 11) is 0. The third-order valence-corrected chi connectivity index (χ3v) is 2.98. The van der Waals surface area contributed by atoms with Gasteiger partial charge in [0.25, 0.3) is 0 Å². The Bertz CT molecular complexity index is 623. The van der Waals surface area contributed by atoms with Crippen molar-refractivity contribution in [2.24, 2.45) is 5.84 Å². The van der Waals surface area contributed by atoms with Crippen molar-refractivity contribution in [1.29, 1.82) is 0 Å². The molecule has 2 rings (SSSR count). The molecule has 21 heavy (non-hydrogen) atoms. The van der Waals surface area contributed by atoms with Gasteiger partial charge < -0.3 is 9.15 Å². The van der Waals surface area contributed by atoms with E-state index in [-0.39, 0.29) is 5.75 Å².